The van der Waals surface area contributed by atoms with Crippen molar-refractivity contribution in [3.8, 4) is 0 Å². The Hall–Kier alpha value is -1.62. The maximum Gasteiger partial charge on any atom is 0.341 e. The normalized spacial score (nSPS) is 10.1. The fraction of sp³-hybridized carbons (Fsp3) is 0.500. The Bertz CT molecular complexity index is 369. The van der Waals surface area contributed by atoms with Gasteiger partial charge in [-0.3, -0.25) is 0 Å². The van der Waals surface area contributed by atoms with E-state index >= 15 is 0 Å². The van der Waals surface area contributed by atoms with Crippen LogP contribution in [0.4, 0.5) is 5.82 Å². The van der Waals surface area contributed by atoms with Crippen molar-refractivity contribution in [1.82, 2.24) is 10.3 Å². The van der Waals surface area contributed by atoms with Gasteiger partial charge in [-0.05, 0) is 32.1 Å². The van der Waals surface area contributed by atoms with Gasteiger partial charge in [-0.1, -0.05) is 0 Å². The van der Waals surface area contributed by atoms with Crippen molar-refractivity contribution in [1.29, 1.82) is 0 Å². The van der Waals surface area contributed by atoms with Crippen molar-refractivity contribution in [3.05, 3.63) is 23.9 Å². The first kappa shape index (κ1) is 13.4. The third-order valence-electron chi connectivity index (χ3n) is 2.47. The smallest absolute Gasteiger partial charge is 0.341 e. The van der Waals surface area contributed by atoms with Gasteiger partial charge in [0.15, 0.2) is 0 Å². The van der Waals surface area contributed by atoms with Crippen LogP contribution in [0, 0.1) is 0 Å². The van der Waals surface area contributed by atoms with Gasteiger partial charge in [0.1, 0.15) is 11.4 Å². The molecule has 1 aromatic heterocycles. The number of aromatic nitrogens is 1. The molecule has 94 valence electrons. The molecule has 0 radical (unpaired) electrons. The quantitative estimate of drug-likeness (QED) is 0.589. The summed E-state index contributed by atoms with van der Waals surface area (Å²) >= 11 is 0. The molecule has 0 saturated heterocycles. The van der Waals surface area contributed by atoms with Crippen LogP contribution in [0.15, 0.2) is 18.3 Å². The summed E-state index contributed by atoms with van der Waals surface area (Å²) in [6, 6.07) is 3.46. The first-order valence-corrected chi connectivity index (χ1v) is 5.59. The minimum atomic E-state index is -0.353. The highest BCUT2D eigenvalue weighted by molar-refractivity contribution is 5.94. The predicted molar refractivity (Wildman–Crippen MR) is 67.4 cm³/mol. The van der Waals surface area contributed by atoms with Crippen LogP contribution in [0.5, 0.6) is 0 Å². The second-order valence-corrected chi connectivity index (χ2v) is 3.74. The standard InChI is InChI=1S/C12H19N3O2/c1-13-7-5-9-15(2)11-10(12(16)17-3)6-4-8-14-11/h4,6,8,13H,5,7,9H2,1-3H3. The van der Waals surface area contributed by atoms with Gasteiger partial charge in [0.25, 0.3) is 0 Å². The Morgan fingerprint density at radius 3 is 3.00 bits per heavy atom. The molecule has 1 rings (SSSR count). The SMILES string of the molecule is CNCCCN(C)c1ncccc1C(=O)OC. The molecular formula is C12H19N3O2. The fourth-order valence-electron chi connectivity index (χ4n) is 1.57. The fourth-order valence-corrected chi connectivity index (χ4v) is 1.57. The van der Waals surface area contributed by atoms with Crippen LogP contribution in [-0.2, 0) is 4.74 Å². The largest absolute Gasteiger partial charge is 0.465 e. The Balaban J connectivity index is 2.78. The summed E-state index contributed by atoms with van der Waals surface area (Å²) < 4.78 is 4.73. The van der Waals surface area contributed by atoms with Gasteiger partial charge in [0, 0.05) is 19.8 Å². The zero-order valence-corrected chi connectivity index (χ0v) is 10.6. The number of hydrogen-bond acceptors (Lipinski definition) is 5. The summed E-state index contributed by atoms with van der Waals surface area (Å²) in [6.45, 7) is 1.77. The van der Waals surface area contributed by atoms with Crippen LogP contribution >= 0.6 is 0 Å². The molecule has 5 heteroatoms. The van der Waals surface area contributed by atoms with Crippen LogP contribution in [0.3, 0.4) is 0 Å². The lowest BCUT2D eigenvalue weighted by Crippen LogP contribution is -2.25. The third-order valence-corrected chi connectivity index (χ3v) is 2.47. The summed E-state index contributed by atoms with van der Waals surface area (Å²) in [4.78, 5) is 17.8. The lowest BCUT2D eigenvalue weighted by molar-refractivity contribution is 0.0601. The monoisotopic (exact) mass is 237 g/mol. The topological polar surface area (TPSA) is 54.5 Å². The highest BCUT2D eigenvalue weighted by Crippen LogP contribution is 2.16. The first-order valence-electron chi connectivity index (χ1n) is 5.59. The van der Waals surface area contributed by atoms with Gasteiger partial charge in [0.2, 0.25) is 0 Å². The number of rotatable bonds is 6. The molecule has 0 aromatic carbocycles. The molecule has 0 atom stereocenters. The molecule has 0 fully saturated rings. The maximum absolute atomic E-state index is 11.6. The van der Waals surface area contributed by atoms with Crippen molar-refractivity contribution < 1.29 is 9.53 Å². The molecule has 1 aromatic rings. The first-order chi connectivity index (χ1) is 8.20. The Morgan fingerprint density at radius 1 is 1.59 bits per heavy atom. The number of anilines is 1. The van der Waals surface area contributed by atoms with Gasteiger partial charge in [-0.15, -0.1) is 0 Å². The summed E-state index contributed by atoms with van der Waals surface area (Å²) in [6.07, 6.45) is 2.67. The van der Waals surface area contributed by atoms with E-state index in [1.807, 2.05) is 19.0 Å². The van der Waals surface area contributed by atoms with Crippen LogP contribution in [-0.4, -0.2) is 45.2 Å². The van der Waals surface area contributed by atoms with E-state index < -0.39 is 0 Å². The molecular weight excluding hydrogens is 218 g/mol. The number of carbonyl (C=O) groups excluding carboxylic acids is 1. The summed E-state index contributed by atoms with van der Waals surface area (Å²) in [5, 5.41) is 3.08. The van der Waals surface area contributed by atoms with Crippen molar-refractivity contribution in [2.75, 3.05) is 39.2 Å². The van der Waals surface area contributed by atoms with Gasteiger partial charge in [0.05, 0.1) is 7.11 Å². The molecule has 0 unspecified atom stereocenters. The second-order valence-electron chi connectivity index (χ2n) is 3.74. The number of carbonyl (C=O) groups is 1. The van der Waals surface area contributed by atoms with Gasteiger partial charge in [-0.25, -0.2) is 9.78 Å². The molecule has 0 amide bonds. The number of hydrogen-bond donors (Lipinski definition) is 1. The summed E-state index contributed by atoms with van der Waals surface area (Å²) in [7, 11) is 5.21. The zero-order chi connectivity index (χ0) is 12.7. The summed E-state index contributed by atoms with van der Waals surface area (Å²) in [5.41, 5.74) is 0.502. The lowest BCUT2D eigenvalue weighted by Gasteiger charge is -2.20. The van der Waals surface area contributed by atoms with Crippen LogP contribution in [0.2, 0.25) is 0 Å². The molecule has 5 nitrogen and oxygen atoms in total. The number of methoxy groups -OCH3 is 1. The molecule has 0 spiro atoms. The van der Waals surface area contributed by atoms with Crippen LogP contribution in [0.1, 0.15) is 16.8 Å². The number of ether oxygens (including phenoxy) is 1. The number of pyridine rings is 1. The van der Waals surface area contributed by atoms with Crippen LogP contribution < -0.4 is 10.2 Å². The third kappa shape index (κ3) is 3.71. The van der Waals surface area contributed by atoms with E-state index in [9.17, 15) is 4.79 Å². The molecule has 0 bridgehead atoms. The lowest BCUT2D eigenvalue weighted by atomic mass is 10.2. The predicted octanol–water partition coefficient (Wildman–Crippen LogP) is 0.914. The van der Waals surface area contributed by atoms with Gasteiger partial charge < -0.3 is 15.0 Å². The maximum atomic E-state index is 11.6. The van der Waals surface area contributed by atoms with E-state index in [1.54, 1.807) is 18.3 Å². The van der Waals surface area contributed by atoms with E-state index in [0.717, 1.165) is 19.5 Å². The molecule has 17 heavy (non-hydrogen) atoms. The Labute approximate surface area is 102 Å². The Kier molecular flexibility index (Phi) is 5.42. The highest BCUT2D eigenvalue weighted by atomic mass is 16.5. The molecule has 0 aliphatic carbocycles. The van der Waals surface area contributed by atoms with E-state index in [4.69, 9.17) is 4.74 Å². The summed E-state index contributed by atoms with van der Waals surface area (Å²) in [5.74, 6) is 0.309. The highest BCUT2D eigenvalue weighted by Gasteiger charge is 2.15. The van der Waals surface area contributed by atoms with Crippen molar-refractivity contribution in [2.45, 2.75) is 6.42 Å². The molecule has 0 aliphatic rings. The molecule has 1 N–H and O–H groups in total. The Morgan fingerprint density at radius 2 is 2.35 bits per heavy atom. The number of nitrogens with zero attached hydrogens (tertiary/aromatic N) is 2. The van der Waals surface area contributed by atoms with Crippen molar-refractivity contribution >= 4 is 11.8 Å². The van der Waals surface area contributed by atoms with Crippen LogP contribution in [0.25, 0.3) is 0 Å². The van der Waals surface area contributed by atoms with E-state index in [2.05, 4.69) is 10.3 Å². The van der Waals surface area contributed by atoms with Crippen molar-refractivity contribution in [2.24, 2.45) is 0 Å². The van der Waals surface area contributed by atoms with Crippen molar-refractivity contribution in [3.63, 3.8) is 0 Å². The zero-order valence-electron chi connectivity index (χ0n) is 10.6. The molecule has 0 aliphatic heterocycles. The average molecular weight is 237 g/mol. The number of esters is 1. The van der Waals surface area contributed by atoms with Gasteiger partial charge >= 0.3 is 5.97 Å². The van der Waals surface area contributed by atoms with E-state index in [-0.39, 0.29) is 5.97 Å². The minimum Gasteiger partial charge on any atom is -0.465 e. The van der Waals surface area contributed by atoms with E-state index in [1.165, 1.54) is 7.11 Å². The minimum absolute atomic E-state index is 0.353. The molecule has 0 saturated carbocycles. The number of nitrogens with one attached hydrogen (secondary N) is 1. The van der Waals surface area contributed by atoms with Gasteiger partial charge in [-0.2, -0.15) is 0 Å². The second kappa shape index (κ2) is 6.85. The molecule has 1 heterocycles. The van der Waals surface area contributed by atoms with E-state index in [0.29, 0.717) is 11.4 Å². The average Bonchev–Trinajstić information content (AvgIpc) is 2.38.